The molecule has 0 aliphatic rings. The standard InChI is InChI=1S/C10H5FO4/c11-6-2-1-5-3-7(9(12)13)10(14)15-8(5)4-6/h1-4H,(H,12,13). The molecular weight excluding hydrogens is 203 g/mol. The van der Waals surface area contributed by atoms with Crippen molar-refractivity contribution in [2.75, 3.05) is 0 Å². The Labute approximate surface area is 82.6 Å². The molecule has 1 heterocycles. The highest BCUT2D eigenvalue weighted by molar-refractivity contribution is 5.91. The van der Waals surface area contributed by atoms with Crippen molar-refractivity contribution >= 4 is 16.9 Å². The first-order chi connectivity index (χ1) is 7.08. The highest BCUT2D eigenvalue weighted by Gasteiger charge is 2.11. The minimum absolute atomic E-state index is 0.0324. The molecule has 0 radical (unpaired) electrons. The molecule has 1 aromatic heterocycles. The predicted octanol–water partition coefficient (Wildman–Crippen LogP) is 1.63. The van der Waals surface area contributed by atoms with Crippen molar-refractivity contribution in [3.8, 4) is 0 Å². The number of carboxylic acids is 1. The molecule has 0 spiro atoms. The summed E-state index contributed by atoms with van der Waals surface area (Å²) in [4.78, 5) is 21.7. The van der Waals surface area contributed by atoms with Crippen LogP contribution in [0.2, 0.25) is 0 Å². The Morgan fingerprint density at radius 3 is 2.73 bits per heavy atom. The Bertz CT molecular complexity index is 600. The average Bonchev–Trinajstić information content (AvgIpc) is 2.15. The molecule has 0 bridgehead atoms. The molecule has 0 aliphatic heterocycles. The van der Waals surface area contributed by atoms with Gasteiger partial charge in [-0.2, -0.15) is 0 Å². The van der Waals surface area contributed by atoms with Crippen LogP contribution < -0.4 is 5.63 Å². The molecule has 1 aromatic carbocycles. The summed E-state index contributed by atoms with van der Waals surface area (Å²) in [6.07, 6.45) is 0. The summed E-state index contributed by atoms with van der Waals surface area (Å²) in [6.45, 7) is 0. The molecule has 0 saturated heterocycles. The SMILES string of the molecule is O=C(O)c1cc2ccc(F)cc2oc1=O. The molecule has 2 rings (SSSR count). The predicted molar refractivity (Wildman–Crippen MR) is 49.4 cm³/mol. The van der Waals surface area contributed by atoms with Crippen LogP contribution in [0.1, 0.15) is 10.4 Å². The first-order valence-electron chi connectivity index (χ1n) is 4.04. The summed E-state index contributed by atoms with van der Waals surface area (Å²) in [5.41, 5.74) is -1.42. The van der Waals surface area contributed by atoms with Crippen molar-refractivity contribution in [2.24, 2.45) is 0 Å². The second-order valence-corrected chi connectivity index (χ2v) is 2.93. The van der Waals surface area contributed by atoms with Crippen molar-refractivity contribution < 1.29 is 18.7 Å². The van der Waals surface area contributed by atoms with E-state index in [2.05, 4.69) is 4.42 Å². The second-order valence-electron chi connectivity index (χ2n) is 2.93. The van der Waals surface area contributed by atoms with Gasteiger partial charge < -0.3 is 9.52 Å². The van der Waals surface area contributed by atoms with Crippen molar-refractivity contribution in [2.45, 2.75) is 0 Å². The maximum absolute atomic E-state index is 12.7. The van der Waals surface area contributed by atoms with Gasteiger partial charge in [-0.15, -0.1) is 0 Å². The fourth-order valence-electron chi connectivity index (χ4n) is 1.23. The molecule has 0 unspecified atom stereocenters. The molecule has 1 N–H and O–H groups in total. The average molecular weight is 208 g/mol. The summed E-state index contributed by atoms with van der Waals surface area (Å²) in [5, 5.41) is 9.01. The number of halogens is 1. The van der Waals surface area contributed by atoms with Crippen molar-refractivity contribution in [3.05, 3.63) is 46.1 Å². The number of aromatic carboxylic acids is 1. The van der Waals surface area contributed by atoms with Gasteiger partial charge in [0.1, 0.15) is 17.0 Å². The van der Waals surface area contributed by atoms with E-state index < -0.39 is 23.0 Å². The highest BCUT2D eigenvalue weighted by Crippen LogP contribution is 2.14. The summed E-state index contributed by atoms with van der Waals surface area (Å²) in [5.74, 6) is -1.91. The molecule has 15 heavy (non-hydrogen) atoms. The van der Waals surface area contributed by atoms with E-state index in [1.165, 1.54) is 6.07 Å². The van der Waals surface area contributed by atoms with Crippen LogP contribution in [0.25, 0.3) is 11.0 Å². The van der Waals surface area contributed by atoms with E-state index in [9.17, 15) is 14.0 Å². The lowest BCUT2D eigenvalue weighted by Crippen LogP contribution is -2.12. The Morgan fingerprint density at radius 1 is 1.33 bits per heavy atom. The maximum atomic E-state index is 12.7. The minimum Gasteiger partial charge on any atom is -0.477 e. The molecule has 0 saturated carbocycles. The quantitative estimate of drug-likeness (QED) is 0.723. The van der Waals surface area contributed by atoms with Gasteiger partial charge in [0.25, 0.3) is 0 Å². The van der Waals surface area contributed by atoms with Crippen LogP contribution in [-0.4, -0.2) is 11.1 Å². The van der Waals surface area contributed by atoms with Crippen LogP contribution in [0.3, 0.4) is 0 Å². The van der Waals surface area contributed by atoms with Gasteiger partial charge in [0.15, 0.2) is 0 Å². The van der Waals surface area contributed by atoms with Crippen LogP contribution in [0.5, 0.6) is 0 Å². The van der Waals surface area contributed by atoms with Gasteiger partial charge in [-0.1, -0.05) is 0 Å². The number of carboxylic acid groups (broad SMARTS) is 1. The molecule has 76 valence electrons. The Morgan fingerprint density at radius 2 is 2.07 bits per heavy atom. The van der Waals surface area contributed by atoms with E-state index in [1.54, 1.807) is 0 Å². The topological polar surface area (TPSA) is 67.5 Å². The van der Waals surface area contributed by atoms with Crippen LogP contribution in [0, 0.1) is 5.82 Å². The van der Waals surface area contributed by atoms with Gasteiger partial charge in [0.05, 0.1) is 0 Å². The fraction of sp³-hybridized carbons (Fsp3) is 0. The molecule has 0 amide bonds. The lowest BCUT2D eigenvalue weighted by atomic mass is 10.2. The third kappa shape index (κ3) is 1.59. The molecule has 0 fully saturated rings. The highest BCUT2D eigenvalue weighted by atomic mass is 19.1. The Kier molecular flexibility index (Phi) is 2.00. The normalized spacial score (nSPS) is 10.5. The lowest BCUT2D eigenvalue weighted by Gasteiger charge is -1.97. The van der Waals surface area contributed by atoms with E-state index in [0.717, 1.165) is 18.2 Å². The van der Waals surface area contributed by atoms with Gasteiger partial charge in [-0.25, -0.2) is 14.0 Å². The Balaban J connectivity index is 2.82. The largest absolute Gasteiger partial charge is 0.477 e. The third-order valence-electron chi connectivity index (χ3n) is 1.93. The molecule has 4 nitrogen and oxygen atoms in total. The van der Waals surface area contributed by atoms with Gasteiger partial charge in [-0.3, -0.25) is 0 Å². The van der Waals surface area contributed by atoms with E-state index in [1.807, 2.05) is 0 Å². The molecule has 0 atom stereocenters. The first kappa shape index (κ1) is 9.39. The van der Waals surface area contributed by atoms with Gasteiger partial charge in [-0.05, 0) is 18.2 Å². The van der Waals surface area contributed by atoms with E-state index in [0.29, 0.717) is 5.39 Å². The number of hydrogen-bond donors (Lipinski definition) is 1. The summed E-state index contributed by atoms with van der Waals surface area (Å²) in [6, 6.07) is 4.69. The molecule has 0 aliphatic carbocycles. The molecule has 5 heteroatoms. The van der Waals surface area contributed by atoms with Gasteiger partial charge in [0.2, 0.25) is 0 Å². The second kappa shape index (κ2) is 3.20. The van der Waals surface area contributed by atoms with Crippen molar-refractivity contribution in [1.82, 2.24) is 0 Å². The zero-order valence-electron chi connectivity index (χ0n) is 7.36. The Hall–Kier alpha value is -2.17. The molecule has 2 aromatic rings. The number of hydrogen-bond acceptors (Lipinski definition) is 3. The number of rotatable bonds is 1. The smallest absolute Gasteiger partial charge is 0.351 e. The van der Waals surface area contributed by atoms with Crippen LogP contribution in [0.4, 0.5) is 4.39 Å². The maximum Gasteiger partial charge on any atom is 0.351 e. The minimum atomic E-state index is -1.37. The number of carbonyl (C=O) groups is 1. The number of fused-ring (bicyclic) bond motifs is 1. The van der Waals surface area contributed by atoms with Crippen molar-refractivity contribution in [3.63, 3.8) is 0 Å². The van der Waals surface area contributed by atoms with Crippen LogP contribution in [-0.2, 0) is 0 Å². The summed E-state index contributed by atoms with van der Waals surface area (Å²) >= 11 is 0. The summed E-state index contributed by atoms with van der Waals surface area (Å²) in [7, 11) is 0. The van der Waals surface area contributed by atoms with Crippen molar-refractivity contribution in [1.29, 1.82) is 0 Å². The van der Waals surface area contributed by atoms with Crippen LogP contribution >= 0.6 is 0 Å². The first-order valence-corrected chi connectivity index (χ1v) is 4.04. The van der Waals surface area contributed by atoms with Gasteiger partial charge >= 0.3 is 11.6 Å². The van der Waals surface area contributed by atoms with E-state index in [-0.39, 0.29) is 5.58 Å². The van der Waals surface area contributed by atoms with E-state index in [4.69, 9.17) is 5.11 Å². The zero-order chi connectivity index (χ0) is 11.0. The summed E-state index contributed by atoms with van der Waals surface area (Å²) < 4.78 is 17.4. The number of benzene rings is 1. The third-order valence-corrected chi connectivity index (χ3v) is 1.93. The molecular formula is C10H5FO4. The zero-order valence-corrected chi connectivity index (χ0v) is 7.36. The monoisotopic (exact) mass is 208 g/mol. The fourth-order valence-corrected chi connectivity index (χ4v) is 1.23. The lowest BCUT2D eigenvalue weighted by molar-refractivity contribution is 0.0692. The van der Waals surface area contributed by atoms with Crippen LogP contribution in [0.15, 0.2) is 33.5 Å². The van der Waals surface area contributed by atoms with E-state index >= 15 is 0 Å². The van der Waals surface area contributed by atoms with Gasteiger partial charge in [0, 0.05) is 11.5 Å².